The first-order chi connectivity index (χ1) is 24.4. The monoisotopic (exact) mass is 703 g/mol. The van der Waals surface area contributed by atoms with Gasteiger partial charge in [0.15, 0.2) is 0 Å². The van der Waals surface area contributed by atoms with Crippen molar-refractivity contribution in [2.24, 2.45) is 5.92 Å². The van der Waals surface area contributed by atoms with E-state index in [2.05, 4.69) is 97.3 Å². The highest BCUT2D eigenvalue weighted by atomic mass is 32.1. The van der Waals surface area contributed by atoms with Crippen LogP contribution < -0.4 is 10.6 Å². The molecule has 1 aliphatic rings. The van der Waals surface area contributed by atoms with E-state index < -0.39 is 28.8 Å². The summed E-state index contributed by atoms with van der Waals surface area (Å²) in [6.45, 7) is 14.8. The number of hydrogen-bond donors (Lipinski definition) is 2. The van der Waals surface area contributed by atoms with Gasteiger partial charge < -0.3 is 15.0 Å². The van der Waals surface area contributed by atoms with Crippen LogP contribution in [0.5, 0.6) is 0 Å². The summed E-state index contributed by atoms with van der Waals surface area (Å²) in [4.78, 5) is 31.3. The number of rotatable bonds is 11. The highest BCUT2D eigenvalue weighted by Gasteiger charge is 2.54. The van der Waals surface area contributed by atoms with Crippen LogP contribution in [-0.4, -0.2) is 52.2 Å². The van der Waals surface area contributed by atoms with Crippen molar-refractivity contribution in [2.75, 3.05) is 13.1 Å². The molecule has 7 heteroatoms. The second kappa shape index (κ2) is 15.9. The lowest BCUT2D eigenvalue weighted by molar-refractivity contribution is 0.0185. The summed E-state index contributed by atoms with van der Waals surface area (Å²) in [6.07, 6.45) is 1.68. The van der Waals surface area contributed by atoms with Crippen LogP contribution in [0.25, 0.3) is 0 Å². The van der Waals surface area contributed by atoms with E-state index in [4.69, 9.17) is 17.0 Å². The Morgan fingerprint density at radius 1 is 0.882 bits per heavy atom. The smallest absolute Gasteiger partial charge is 0.409 e. The van der Waals surface area contributed by atoms with Crippen molar-refractivity contribution in [2.45, 2.75) is 90.4 Å². The minimum atomic E-state index is -1.09. The maximum Gasteiger partial charge on any atom is 0.409 e. The number of carbonyl (C=O) groups is 2. The highest BCUT2D eigenvalue weighted by molar-refractivity contribution is 7.80. The van der Waals surface area contributed by atoms with Gasteiger partial charge in [-0.25, -0.2) is 4.79 Å². The topological polar surface area (TPSA) is 70.7 Å². The lowest BCUT2D eigenvalue weighted by Crippen LogP contribution is -2.77. The first-order valence-corrected chi connectivity index (χ1v) is 18.6. The Morgan fingerprint density at radius 2 is 1.41 bits per heavy atom. The van der Waals surface area contributed by atoms with Crippen LogP contribution in [0, 0.1) is 19.8 Å². The van der Waals surface area contributed by atoms with E-state index in [0.717, 1.165) is 40.7 Å². The van der Waals surface area contributed by atoms with Crippen molar-refractivity contribution in [3.05, 3.63) is 143 Å². The molecule has 0 aromatic heterocycles. The van der Waals surface area contributed by atoms with Gasteiger partial charge in [0.1, 0.15) is 17.3 Å². The van der Waals surface area contributed by atoms with Crippen molar-refractivity contribution in [3.63, 3.8) is 0 Å². The largest absolute Gasteiger partial charge is 0.444 e. The Balaban J connectivity index is 1.77. The van der Waals surface area contributed by atoms with Gasteiger partial charge in [-0.2, -0.15) is 0 Å². The number of carbonyl (C=O) groups excluding carboxylic acids is 2. The number of thiocarbonyl (C=S) groups is 1. The van der Waals surface area contributed by atoms with Crippen LogP contribution in [0.15, 0.2) is 109 Å². The Bertz CT molecular complexity index is 1710. The number of hydrogen-bond acceptors (Lipinski definition) is 5. The number of amides is 2. The van der Waals surface area contributed by atoms with Crippen LogP contribution in [0.4, 0.5) is 4.79 Å². The molecule has 1 aliphatic heterocycles. The average molecular weight is 704 g/mol. The third-order valence-electron chi connectivity index (χ3n) is 10.3. The first-order valence-electron chi connectivity index (χ1n) is 18.2. The van der Waals surface area contributed by atoms with Crippen LogP contribution in [-0.2, 0) is 10.2 Å². The molecule has 2 amide bonds. The van der Waals surface area contributed by atoms with Gasteiger partial charge in [0.2, 0.25) is 0 Å². The van der Waals surface area contributed by atoms with Crippen molar-refractivity contribution in [1.29, 1.82) is 0 Å². The van der Waals surface area contributed by atoms with Gasteiger partial charge in [0.25, 0.3) is 5.91 Å². The van der Waals surface area contributed by atoms with Gasteiger partial charge in [-0.05, 0) is 81.3 Å². The fourth-order valence-electron chi connectivity index (χ4n) is 7.79. The molecule has 0 radical (unpaired) electrons. The van der Waals surface area contributed by atoms with Gasteiger partial charge in [0.05, 0.1) is 5.41 Å². The Kier molecular flexibility index (Phi) is 11.8. The molecule has 1 saturated heterocycles. The Hall–Kier alpha value is -4.33. The third kappa shape index (κ3) is 7.80. The summed E-state index contributed by atoms with van der Waals surface area (Å²) in [6, 6.07) is 36.7. The van der Waals surface area contributed by atoms with E-state index >= 15 is 0 Å². The molecule has 1 fully saturated rings. The van der Waals surface area contributed by atoms with Crippen molar-refractivity contribution in [1.82, 2.24) is 15.5 Å². The molecule has 0 aliphatic carbocycles. The minimum absolute atomic E-state index is 0.103. The molecule has 3 atom stereocenters. The fraction of sp³-hybridized carbons (Fsp3) is 0.386. The normalized spacial score (nSPS) is 18.5. The second-order valence-corrected chi connectivity index (χ2v) is 15.3. The van der Waals surface area contributed by atoms with Gasteiger partial charge in [0, 0.05) is 29.4 Å². The summed E-state index contributed by atoms with van der Waals surface area (Å²) in [5.41, 5.74) is 3.35. The zero-order valence-corrected chi connectivity index (χ0v) is 32.0. The summed E-state index contributed by atoms with van der Waals surface area (Å²) < 4.78 is 5.89. The van der Waals surface area contributed by atoms with Crippen LogP contribution in [0.1, 0.15) is 92.1 Å². The van der Waals surface area contributed by atoms with Gasteiger partial charge >= 0.3 is 6.09 Å². The summed E-state index contributed by atoms with van der Waals surface area (Å²) >= 11 is 6.79. The molecule has 6 nitrogen and oxygen atoms in total. The zero-order valence-electron chi connectivity index (χ0n) is 31.2. The van der Waals surface area contributed by atoms with Crippen LogP contribution >= 0.6 is 12.2 Å². The molecule has 1 heterocycles. The molecule has 51 heavy (non-hydrogen) atoms. The SMILES string of the molecule is CCCCC1(NC(=O)OC(C)(C)C)NCCN(C(=O)c2cccc(C)c2C)C1C(=S)C(C)C(c1ccccc1)(c1ccccc1)c1ccccc1. The van der Waals surface area contributed by atoms with Crippen molar-refractivity contribution >= 4 is 29.1 Å². The second-order valence-electron chi connectivity index (χ2n) is 14.8. The third-order valence-corrected chi connectivity index (χ3v) is 10.9. The Morgan fingerprint density at radius 3 is 1.90 bits per heavy atom. The van der Waals surface area contributed by atoms with E-state index in [0.29, 0.717) is 29.9 Å². The summed E-state index contributed by atoms with van der Waals surface area (Å²) in [5, 5.41) is 7.00. The molecule has 4 aromatic rings. The predicted molar refractivity (Wildman–Crippen MR) is 211 cm³/mol. The minimum Gasteiger partial charge on any atom is -0.444 e. The number of alkyl carbamates (subject to hydrolysis) is 1. The molecular formula is C44H53N3O3S. The number of piperazine rings is 1. The maximum absolute atomic E-state index is 14.9. The zero-order chi connectivity index (χ0) is 36.8. The van der Waals surface area contributed by atoms with E-state index in [-0.39, 0.29) is 11.8 Å². The quantitative estimate of drug-likeness (QED) is 0.120. The van der Waals surface area contributed by atoms with Gasteiger partial charge in [-0.15, -0.1) is 0 Å². The van der Waals surface area contributed by atoms with E-state index in [1.807, 2.05) is 75.9 Å². The molecule has 5 rings (SSSR count). The van der Waals surface area contributed by atoms with Crippen LogP contribution in [0.2, 0.25) is 0 Å². The maximum atomic E-state index is 14.9. The molecule has 0 bridgehead atoms. The lowest BCUT2D eigenvalue weighted by atomic mass is 9.60. The molecule has 0 saturated carbocycles. The highest BCUT2D eigenvalue weighted by Crippen LogP contribution is 2.47. The molecule has 3 unspecified atom stereocenters. The van der Waals surface area contributed by atoms with Crippen LogP contribution in [0.3, 0.4) is 0 Å². The number of nitrogens with zero attached hydrogens (tertiary/aromatic N) is 1. The van der Waals surface area contributed by atoms with Crippen molar-refractivity contribution < 1.29 is 14.3 Å². The average Bonchev–Trinajstić information content (AvgIpc) is 3.12. The molecule has 0 spiro atoms. The predicted octanol–water partition coefficient (Wildman–Crippen LogP) is 9.17. The van der Waals surface area contributed by atoms with Crippen molar-refractivity contribution in [3.8, 4) is 0 Å². The molecule has 2 N–H and O–H groups in total. The van der Waals surface area contributed by atoms with Gasteiger partial charge in [-0.3, -0.25) is 10.1 Å². The first kappa shape index (κ1) is 37.9. The summed E-state index contributed by atoms with van der Waals surface area (Å²) in [7, 11) is 0. The Labute approximate surface area is 310 Å². The fourth-order valence-corrected chi connectivity index (χ4v) is 8.29. The molecule has 4 aromatic carbocycles. The van der Waals surface area contributed by atoms with Gasteiger partial charge in [-0.1, -0.05) is 136 Å². The number of aryl methyl sites for hydroxylation is 1. The van der Waals surface area contributed by atoms with E-state index in [1.54, 1.807) is 0 Å². The standard InChI is InChI=1S/C44H53N3O3S/c1-8-9-28-43(46-41(49)50-42(5,6)7)39(47(30-29-45-43)40(48)37-27-19-20-31(2)32(37)3)38(51)33(4)44(34-21-13-10-14-22-34,35-23-15-11-16-24-35)36-25-17-12-18-26-36/h10-27,33,39,45H,8-9,28-30H2,1-7H3,(H,46,49). The molecular weight excluding hydrogens is 651 g/mol. The number of unbranched alkanes of at least 4 members (excludes halogenated alkanes) is 1. The van der Waals surface area contributed by atoms with E-state index in [9.17, 15) is 9.59 Å². The number of benzene rings is 4. The number of nitrogens with one attached hydrogen (secondary N) is 2. The molecule has 268 valence electrons. The number of ether oxygens (including phenoxy) is 1. The lowest BCUT2D eigenvalue weighted by Gasteiger charge is -2.53. The summed E-state index contributed by atoms with van der Waals surface area (Å²) in [5.74, 6) is -0.436. The van der Waals surface area contributed by atoms with E-state index in [1.165, 1.54) is 0 Å².